The molecule has 1 heterocycles. The van der Waals surface area contributed by atoms with E-state index >= 15 is 0 Å². The molecule has 1 aliphatic carbocycles. The quantitative estimate of drug-likeness (QED) is 0.835. The molecular formula is C22H32N2OS. The van der Waals surface area contributed by atoms with Gasteiger partial charge in [0.2, 0.25) is 5.91 Å². The number of nitrogens with two attached hydrogens (primary N) is 1. The zero-order valence-electron chi connectivity index (χ0n) is 16.4. The Balaban J connectivity index is 1.82. The third-order valence-electron chi connectivity index (χ3n) is 5.87. The van der Waals surface area contributed by atoms with Gasteiger partial charge < -0.3 is 5.73 Å². The van der Waals surface area contributed by atoms with Crippen molar-refractivity contribution in [1.29, 1.82) is 0 Å². The van der Waals surface area contributed by atoms with Gasteiger partial charge in [0, 0.05) is 36.2 Å². The van der Waals surface area contributed by atoms with Gasteiger partial charge in [0.15, 0.2) is 0 Å². The minimum atomic E-state index is -0.321. The van der Waals surface area contributed by atoms with Crippen LogP contribution in [0, 0.1) is 5.41 Å². The van der Waals surface area contributed by atoms with Gasteiger partial charge in [0.25, 0.3) is 0 Å². The van der Waals surface area contributed by atoms with E-state index in [9.17, 15) is 4.79 Å². The second-order valence-corrected chi connectivity index (χ2v) is 9.77. The number of primary amides is 1. The smallest absolute Gasteiger partial charge is 0.249 e. The highest BCUT2D eigenvalue weighted by Gasteiger charge is 2.24. The zero-order chi connectivity index (χ0) is 18.7. The van der Waals surface area contributed by atoms with Crippen LogP contribution in [0.5, 0.6) is 0 Å². The lowest BCUT2D eigenvalue weighted by Gasteiger charge is -2.32. The number of carbonyl (C=O) groups is 1. The molecule has 1 aromatic carbocycles. The SMILES string of the molecule is CC(Cc1ccc(C(N)=O)c(C2=CCC(C)(C)CC2)c1)N1CCSCC1. The minimum Gasteiger partial charge on any atom is -0.366 e. The van der Waals surface area contributed by atoms with E-state index in [1.807, 2.05) is 17.8 Å². The van der Waals surface area contributed by atoms with E-state index < -0.39 is 0 Å². The lowest BCUT2D eigenvalue weighted by molar-refractivity contribution is 0.1000. The third-order valence-corrected chi connectivity index (χ3v) is 6.81. The van der Waals surface area contributed by atoms with E-state index in [0.29, 0.717) is 17.0 Å². The molecular weight excluding hydrogens is 340 g/mol. The van der Waals surface area contributed by atoms with E-state index in [1.165, 1.54) is 35.7 Å². The maximum absolute atomic E-state index is 12.0. The molecule has 26 heavy (non-hydrogen) atoms. The van der Waals surface area contributed by atoms with E-state index in [2.05, 4.69) is 43.9 Å². The van der Waals surface area contributed by atoms with Gasteiger partial charge in [-0.2, -0.15) is 11.8 Å². The maximum atomic E-state index is 12.0. The molecule has 1 aliphatic heterocycles. The standard InChI is InChI=1S/C22H32N2OS/c1-16(24-10-12-26-13-11-24)14-17-4-5-19(21(23)25)20(15-17)18-6-8-22(2,3)9-7-18/h4-6,15-16H,7-14H2,1-3H3,(H2,23,25). The molecule has 1 unspecified atom stereocenters. The Labute approximate surface area is 162 Å². The highest BCUT2D eigenvalue weighted by Crippen LogP contribution is 2.39. The predicted molar refractivity (Wildman–Crippen MR) is 113 cm³/mol. The number of amides is 1. The lowest BCUT2D eigenvalue weighted by Crippen LogP contribution is -2.40. The number of nitrogens with zero attached hydrogens (tertiary/aromatic N) is 1. The average molecular weight is 373 g/mol. The summed E-state index contributed by atoms with van der Waals surface area (Å²) in [7, 11) is 0. The van der Waals surface area contributed by atoms with Crippen molar-refractivity contribution in [2.24, 2.45) is 11.1 Å². The zero-order valence-corrected chi connectivity index (χ0v) is 17.2. The van der Waals surface area contributed by atoms with E-state index in [-0.39, 0.29) is 5.91 Å². The first-order valence-electron chi connectivity index (χ1n) is 9.80. The summed E-state index contributed by atoms with van der Waals surface area (Å²) in [6, 6.07) is 6.78. The minimum absolute atomic E-state index is 0.321. The van der Waals surface area contributed by atoms with Crippen LogP contribution in [-0.4, -0.2) is 41.4 Å². The topological polar surface area (TPSA) is 46.3 Å². The van der Waals surface area contributed by atoms with Crippen LogP contribution in [0.25, 0.3) is 5.57 Å². The first kappa shape index (κ1) is 19.5. The molecule has 0 spiro atoms. The molecule has 1 atom stereocenters. The maximum Gasteiger partial charge on any atom is 0.249 e. The molecule has 0 saturated carbocycles. The number of carbonyl (C=O) groups excluding carboxylic acids is 1. The van der Waals surface area contributed by atoms with Crippen LogP contribution >= 0.6 is 11.8 Å². The molecule has 3 rings (SSSR count). The van der Waals surface area contributed by atoms with Crippen LogP contribution in [0.4, 0.5) is 0 Å². The Morgan fingerprint density at radius 3 is 2.65 bits per heavy atom. The summed E-state index contributed by atoms with van der Waals surface area (Å²) in [6.07, 6.45) is 6.58. The Kier molecular flexibility index (Phi) is 6.13. The predicted octanol–water partition coefficient (Wildman–Crippen LogP) is 4.36. The van der Waals surface area contributed by atoms with Crippen LogP contribution in [0.3, 0.4) is 0 Å². The highest BCUT2D eigenvalue weighted by molar-refractivity contribution is 7.99. The summed E-state index contributed by atoms with van der Waals surface area (Å²) in [5.41, 5.74) is 10.4. The third kappa shape index (κ3) is 4.72. The normalized spacial score (nSPS) is 21.9. The summed E-state index contributed by atoms with van der Waals surface area (Å²) >= 11 is 2.05. The van der Waals surface area contributed by atoms with Crippen molar-refractivity contribution in [1.82, 2.24) is 4.90 Å². The number of benzene rings is 1. The van der Waals surface area contributed by atoms with Crippen molar-refractivity contribution in [2.75, 3.05) is 24.6 Å². The highest BCUT2D eigenvalue weighted by atomic mass is 32.2. The molecule has 3 nitrogen and oxygen atoms in total. The lowest BCUT2D eigenvalue weighted by atomic mass is 9.76. The van der Waals surface area contributed by atoms with Crippen LogP contribution in [-0.2, 0) is 6.42 Å². The molecule has 1 aromatic rings. The Hall–Kier alpha value is -1.26. The van der Waals surface area contributed by atoms with Gasteiger partial charge >= 0.3 is 0 Å². The van der Waals surface area contributed by atoms with Crippen LogP contribution < -0.4 is 5.73 Å². The molecule has 1 amide bonds. The molecule has 2 N–H and O–H groups in total. The monoisotopic (exact) mass is 372 g/mol. The Morgan fingerprint density at radius 1 is 1.31 bits per heavy atom. The number of hydrogen-bond donors (Lipinski definition) is 1. The number of hydrogen-bond acceptors (Lipinski definition) is 3. The van der Waals surface area contributed by atoms with Gasteiger partial charge in [-0.05, 0) is 60.8 Å². The second kappa shape index (κ2) is 8.18. The van der Waals surface area contributed by atoms with Crippen molar-refractivity contribution < 1.29 is 4.79 Å². The van der Waals surface area contributed by atoms with Crippen molar-refractivity contribution in [3.63, 3.8) is 0 Å². The fourth-order valence-corrected chi connectivity index (χ4v) is 4.94. The Bertz CT molecular complexity index is 689. The number of thioether (sulfide) groups is 1. The van der Waals surface area contributed by atoms with Gasteiger partial charge in [-0.1, -0.05) is 32.1 Å². The molecule has 0 bridgehead atoms. The van der Waals surface area contributed by atoms with E-state index in [4.69, 9.17) is 5.73 Å². The summed E-state index contributed by atoms with van der Waals surface area (Å²) in [5, 5.41) is 0. The van der Waals surface area contributed by atoms with Gasteiger partial charge in [-0.15, -0.1) is 0 Å². The van der Waals surface area contributed by atoms with Gasteiger partial charge in [0.1, 0.15) is 0 Å². The fourth-order valence-electron chi connectivity index (χ4n) is 4.01. The number of allylic oxidation sites excluding steroid dienone is 2. The van der Waals surface area contributed by atoms with Crippen LogP contribution in [0.1, 0.15) is 61.5 Å². The molecule has 142 valence electrons. The van der Waals surface area contributed by atoms with Gasteiger partial charge in [-0.3, -0.25) is 9.69 Å². The van der Waals surface area contributed by atoms with E-state index in [0.717, 1.165) is 31.2 Å². The molecule has 0 radical (unpaired) electrons. The van der Waals surface area contributed by atoms with E-state index in [1.54, 1.807) is 0 Å². The van der Waals surface area contributed by atoms with Gasteiger partial charge in [0.05, 0.1) is 0 Å². The van der Waals surface area contributed by atoms with Crippen molar-refractivity contribution >= 4 is 23.2 Å². The first-order chi connectivity index (χ1) is 12.4. The molecule has 4 heteroatoms. The van der Waals surface area contributed by atoms with Gasteiger partial charge in [-0.25, -0.2) is 0 Å². The molecule has 0 aromatic heterocycles. The molecule has 1 saturated heterocycles. The summed E-state index contributed by atoms with van der Waals surface area (Å²) in [5.74, 6) is 2.15. The summed E-state index contributed by atoms with van der Waals surface area (Å²) in [4.78, 5) is 14.5. The number of rotatable bonds is 5. The van der Waals surface area contributed by atoms with Crippen molar-refractivity contribution in [3.05, 3.63) is 41.0 Å². The van der Waals surface area contributed by atoms with Crippen molar-refractivity contribution in [3.8, 4) is 0 Å². The first-order valence-corrected chi connectivity index (χ1v) is 11.0. The molecule has 1 fully saturated rings. The largest absolute Gasteiger partial charge is 0.366 e. The fraction of sp³-hybridized carbons (Fsp3) is 0.591. The second-order valence-electron chi connectivity index (χ2n) is 8.54. The molecule has 2 aliphatic rings. The van der Waals surface area contributed by atoms with Crippen molar-refractivity contribution in [2.45, 2.75) is 52.5 Å². The Morgan fingerprint density at radius 2 is 2.04 bits per heavy atom. The van der Waals surface area contributed by atoms with Crippen LogP contribution in [0.15, 0.2) is 24.3 Å². The summed E-state index contributed by atoms with van der Waals surface area (Å²) in [6.45, 7) is 9.30. The summed E-state index contributed by atoms with van der Waals surface area (Å²) < 4.78 is 0. The average Bonchev–Trinajstić information content (AvgIpc) is 2.62. The van der Waals surface area contributed by atoms with Crippen LogP contribution in [0.2, 0.25) is 0 Å².